The Kier molecular flexibility index (Phi) is 7.21. The Morgan fingerprint density at radius 2 is 1.83 bits per heavy atom. The summed E-state index contributed by atoms with van der Waals surface area (Å²) in [5.74, 6) is 1.64. The zero-order valence-corrected chi connectivity index (χ0v) is 17.9. The molecule has 8 heteroatoms. The van der Waals surface area contributed by atoms with Crippen molar-refractivity contribution in [3.05, 3.63) is 36.7 Å². The van der Waals surface area contributed by atoms with Gasteiger partial charge in [-0.25, -0.2) is 9.97 Å². The molecule has 3 rings (SSSR count). The van der Waals surface area contributed by atoms with Crippen molar-refractivity contribution in [2.75, 3.05) is 41.7 Å². The van der Waals surface area contributed by atoms with Gasteiger partial charge in [0, 0.05) is 50.5 Å². The number of amides is 2. The number of aromatic nitrogens is 2. The number of benzene rings is 1. The van der Waals surface area contributed by atoms with E-state index in [0.717, 1.165) is 49.7 Å². The molecule has 1 aromatic carbocycles. The van der Waals surface area contributed by atoms with E-state index >= 15 is 0 Å². The third-order valence-electron chi connectivity index (χ3n) is 5.30. The minimum atomic E-state index is -0.101. The molecule has 1 fully saturated rings. The van der Waals surface area contributed by atoms with Gasteiger partial charge in [0.2, 0.25) is 11.8 Å². The Labute approximate surface area is 177 Å². The molecular formula is C22H30N6O2. The van der Waals surface area contributed by atoms with Crippen LogP contribution in [-0.2, 0) is 9.59 Å². The van der Waals surface area contributed by atoms with E-state index in [1.165, 1.54) is 6.92 Å². The van der Waals surface area contributed by atoms with Gasteiger partial charge in [-0.1, -0.05) is 0 Å². The number of nitrogens with one attached hydrogen (secondary N) is 2. The molecule has 8 nitrogen and oxygen atoms in total. The van der Waals surface area contributed by atoms with Crippen LogP contribution in [0, 0.1) is 5.92 Å². The standard InChI is InChI=1S/C22H30N6O2/c1-4-27(5-2)22(30)17-7-6-12-28(14-17)21-13-20(23-15-24-21)26-19-10-8-18(9-11-19)25-16(3)29/h8-11,13,15,17H,4-7,12,14H2,1-3H3,(H,25,29)(H,23,24,26). The van der Waals surface area contributed by atoms with Crippen LogP contribution in [-0.4, -0.2) is 52.9 Å². The van der Waals surface area contributed by atoms with Gasteiger partial charge in [0.05, 0.1) is 5.92 Å². The molecule has 0 aliphatic carbocycles. The zero-order chi connectivity index (χ0) is 21.5. The van der Waals surface area contributed by atoms with Gasteiger partial charge in [0.15, 0.2) is 0 Å². The minimum absolute atomic E-state index is 0.00587. The second-order valence-corrected chi connectivity index (χ2v) is 7.44. The van der Waals surface area contributed by atoms with Gasteiger partial charge in [0.25, 0.3) is 0 Å². The quantitative estimate of drug-likeness (QED) is 0.728. The van der Waals surface area contributed by atoms with Crippen LogP contribution < -0.4 is 15.5 Å². The van der Waals surface area contributed by atoms with E-state index in [1.807, 2.05) is 49.1 Å². The van der Waals surface area contributed by atoms with Crippen LogP contribution in [0.25, 0.3) is 0 Å². The fourth-order valence-electron chi connectivity index (χ4n) is 3.76. The van der Waals surface area contributed by atoms with Gasteiger partial charge in [-0.05, 0) is 51.0 Å². The number of carbonyl (C=O) groups is 2. The first kappa shape index (κ1) is 21.5. The Morgan fingerprint density at radius 3 is 2.50 bits per heavy atom. The van der Waals surface area contributed by atoms with Gasteiger partial charge < -0.3 is 20.4 Å². The third kappa shape index (κ3) is 5.46. The third-order valence-corrected chi connectivity index (χ3v) is 5.30. The summed E-state index contributed by atoms with van der Waals surface area (Å²) in [4.78, 5) is 36.7. The molecule has 2 heterocycles. The Hall–Kier alpha value is -3.16. The van der Waals surface area contributed by atoms with Crippen molar-refractivity contribution < 1.29 is 9.59 Å². The zero-order valence-electron chi connectivity index (χ0n) is 17.9. The van der Waals surface area contributed by atoms with Crippen molar-refractivity contribution in [3.8, 4) is 0 Å². The molecule has 0 spiro atoms. The van der Waals surface area contributed by atoms with Crippen LogP contribution in [0.15, 0.2) is 36.7 Å². The predicted octanol–water partition coefficient (Wildman–Crippen LogP) is 3.26. The molecule has 1 unspecified atom stereocenters. The lowest BCUT2D eigenvalue weighted by molar-refractivity contribution is -0.135. The van der Waals surface area contributed by atoms with E-state index in [1.54, 1.807) is 6.33 Å². The number of nitrogens with zero attached hydrogens (tertiary/aromatic N) is 4. The average Bonchev–Trinajstić information content (AvgIpc) is 2.76. The number of hydrogen-bond donors (Lipinski definition) is 2. The normalized spacial score (nSPS) is 16.1. The molecular weight excluding hydrogens is 380 g/mol. The molecule has 0 saturated carbocycles. The Balaban J connectivity index is 1.67. The highest BCUT2D eigenvalue weighted by atomic mass is 16.2. The summed E-state index contributed by atoms with van der Waals surface area (Å²) < 4.78 is 0. The summed E-state index contributed by atoms with van der Waals surface area (Å²) in [5, 5.41) is 6.02. The maximum absolute atomic E-state index is 12.8. The van der Waals surface area contributed by atoms with Crippen LogP contribution in [0.4, 0.5) is 23.0 Å². The van der Waals surface area contributed by atoms with Gasteiger partial charge in [-0.15, -0.1) is 0 Å². The monoisotopic (exact) mass is 410 g/mol. The van der Waals surface area contributed by atoms with Gasteiger partial charge in [-0.3, -0.25) is 9.59 Å². The molecule has 2 aromatic rings. The van der Waals surface area contributed by atoms with Crippen molar-refractivity contribution in [1.82, 2.24) is 14.9 Å². The highest BCUT2D eigenvalue weighted by molar-refractivity contribution is 5.88. The number of anilines is 4. The molecule has 1 aliphatic rings. The summed E-state index contributed by atoms with van der Waals surface area (Å²) in [5.41, 5.74) is 1.61. The lowest BCUT2D eigenvalue weighted by Crippen LogP contribution is -2.45. The molecule has 2 amide bonds. The van der Waals surface area contributed by atoms with Crippen LogP contribution in [0.1, 0.15) is 33.6 Å². The SMILES string of the molecule is CCN(CC)C(=O)C1CCCN(c2cc(Nc3ccc(NC(C)=O)cc3)ncn2)C1. The van der Waals surface area contributed by atoms with Crippen molar-refractivity contribution in [2.24, 2.45) is 5.92 Å². The summed E-state index contributed by atoms with van der Waals surface area (Å²) >= 11 is 0. The van der Waals surface area contributed by atoms with Crippen molar-refractivity contribution in [2.45, 2.75) is 33.6 Å². The summed E-state index contributed by atoms with van der Waals surface area (Å²) in [7, 11) is 0. The highest BCUT2D eigenvalue weighted by Gasteiger charge is 2.29. The van der Waals surface area contributed by atoms with E-state index in [2.05, 4.69) is 25.5 Å². The van der Waals surface area contributed by atoms with Crippen LogP contribution in [0.2, 0.25) is 0 Å². The van der Waals surface area contributed by atoms with E-state index in [4.69, 9.17) is 0 Å². The van der Waals surface area contributed by atoms with Crippen molar-refractivity contribution in [3.63, 3.8) is 0 Å². The Bertz CT molecular complexity index is 866. The average molecular weight is 411 g/mol. The lowest BCUT2D eigenvalue weighted by atomic mass is 9.96. The maximum atomic E-state index is 12.8. The van der Waals surface area contributed by atoms with E-state index in [-0.39, 0.29) is 17.7 Å². The van der Waals surface area contributed by atoms with Crippen LogP contribution in [0.5, 0.6) is 0 Å². The van der Waals surface area contributed by atoms with Crippen molar-refractivity contribution in [1.29, 1.82) is 0 Å². The fourth-order valence-corrected chi connectivity index (χ4v) is 3.76. The van der Waals surface area contributed by atoms with E-state index in [9.17, 15) is 9.59 Å². The molecule has 30 heavy (non-hydrogen) atoms. The topological polar surface area (TPSA) is 90.5 Å². The lowest BCUT2D eigenvalue weighted by Gasteiger charge is -2.35. The maximum Gasteiger partial charge on any atom is 0.227 e. The highest BCUT2D eigenvalue weighted by Crippen LogP contribution is 2.25. The number of rotatable bonds is 7. The van der Waals surface area contributed by atoms with Gasteiger partial charge in [-0.2, -0.15) is 0 Å². The number of carbonyl (C=O) groups excluding carboxylic acids is 2. The Morgan fingerprint density at radius 1 is 1.13 bits per heavy atom. The molecule has 1 aromatic heterocycles. The van der Waals surface area contributed by atoms with Crippen molar-refractivity contribution >= 4 is 34.8 Å². The second kappa shape index (κ2) is 10.0. The predicted molar refractivity (Wildman–Crippen MR) is 119 cm³/mol. The molecule has 1 atom stereocenters. The largest absolute Gasteiger partial charge is 0.356 e. The van der Waals surface area contributed by atoms with Crippen LogP contribution in [0.3, 0.4) is 0 Å². The van der Waals surface area contributed by atoms with Crippen LogP contribution >= 0.6 is 0 Å². The molecule has 160 valence electrons. The first-order valence-electron chi connectivity index (χ1n) is 10.5. The fraction of sp³-hybridized carbons (Fsp3) is 0.455. The molecule has 2 N–H and O–H groups in total. The minimum Gasteiger partial charge on any atom is -0.356 e. The molecule has 0 radical (unpaired) electrons. The number of piperidine rings is 1. The second-order valence-electron chi connectivity index (χ2n) is 7.44. The molecule has 1 saturated heterocycles. The summed E-state index contributed by atoms with van der Waals surface area (Å²) in [6.45, 7) is 8.57. The van der Waals surface area contributed by atoms with Gasteiger partial charge >= 0.3 is 0 Å². The first-order chi connectivity index (χ1) is 14.5. The number of hydrogen-bond acceptors (Lipinski definition) is 6. The first-order valence-corrected chi connectivity index (χ1v) is 10.5. The molecule has 0 bridgehead atoms. The molecule has 1 aliphatic heterocycles. The van der Waals surface area contributed by atoms with Gasteiger partial charge in [0.1, 0.15) is 18.0 Å². The summed E-state index contributed by atoms with van der Waals surface area (Å²) in [6, 6.07) is 9.34. The van der Waals surface area contributed by atoms with E-state index in [0.29, 0.717) is 12.4 Å². The smallest absolute Gasteiger partial charge is 0.227 e. The van der Waals surface area contributed by atoms with E-state index < -0.39 is 0 Å². The summed E-state index contributed by atoms with van der Waals surface area (Å²) in [6.07, 6.45) is 3.43.